The summed E-state index contributed by atoms with van der Waals surface area (Å²) in [6.45, 7) is 9.64. The molecule has 0 aliphatic heterocycles. The van der Waals surface area contributed by atoms with Gasteiger partial charge in [0, 0.05) is 12.6 Å². The number of rotatable bonds is 9. The van der Waals surface area contributed by atoms with Crippen molar-refractivity contribution in [2.45, 2.75) is 53.2 Å². The molecule has 2 aromatic carbocycles. The third-order valence-corrected chi connectivity index (χ3v) is 4.67. The highest BCUT2D eigenvalue weighted by Gasteiger charge is 2.27. The number of hydrogen-bond acceptors (Lipinski definition) is 4. The van der Waals surface area contributed by atoms with Gasteiger partial charge in [-0.25, -0.2) is 0 Å². The molecule has 1 unspecified atom stereocenters. The molecule has 2 rings (SSSR count). The van der Waals surface area contributed by atoms with E-state index in [0.717, 1.165) is 22.4 Å². The molecule has 0 radical (unpaired) electrons. The molecule has 0 aliphatic rings. The second-order valence-electron chi connectivity index (χ2n) is 7.82. The predicted octanol–water partition coefficient (Wildman–Crippen LogP) is 3.63. The van der Waals surface area contributed by atoms with Gasteiger partial charge in [0.2, 0.25) is 5.91 Å². The van der Waals surface area contributed by atoms with E-state index < -0.39 is 6.04 Å². The predicted molar refractivity (Wildman–Crippen MR) is 118 cm³/mol. The normalized spacial score (nSPS) is 11.7. The number of methoxy groups -OCH3 is 1. The minimum absolute atomic E-state index is 0.00981. The van der Waals surface area contributed by atoms with Crippen molar-refractivity contribution >= 4 is 11.8 Å². The molecule has 0 saturated heterocycles. The fraction of sp³-hybridized carbons (Fsp3) is 0.417. The third-order valence-electron chi connectivity index (χ3n) is 4.67. The summed E-state index contributed by atoms with van der Waals surface area (Å²) in [5.74, 6) is 0.930. The van der Waals surface area contributed by atoms with Gasteiger partial charge < -0.3 is 19.7 Å². The van der Waals surface area contributed by atoms with E-state index >= 15 is 0 Å². The molecule has 0 bridgehead atoms. The van der Waals surface area contributed by atoms with Crippen LogP contribution in [0.1, 0.15) is 37.5 Å². The molecule has 162 valence electrons. The quantitative estimate of drug-likeness (QED) is 0.683. The number of nitrogens with one attached hydrogen (secondary N) is 1. The first-order chi connectivity index (χ1) is 14.2. The monoisotopic (exact) mass is 412 g/mol. The van der Waals surface area contributed by atoms with Crippen LogP contribution in [-0.2, 0) is 16.1 Å². The Morgan fingerprint density at radius 2 is 1.57 bits per heavy atom. The molecule has 0 fully saturated rings. The molecule has 0 saturated carbocycles. The Balaban J connectivity index is 2.17. The first kappa shape index (κ1) is 23.3. The molecular formula is C24H32N2O4. The van der Waals surface area contributed by atoms with E-state index in [0.29, 0.717) is 12.3 Å². The first-order valence-electron chi connectivity index (χ1n) is 10.1. The molecule has 0 heterocycles. The zero-order chi connectivity index (χ0) is 22.3. The van der Waals surface area contributed by atoms with Gasteiger partial charge in [0.1, 0.15) is 17.5 Å². The van der Waals surface area contributed by atoms with Crippen molar-refractivity contribution in [1.82, 2.24) is 10.2 Å². The average molecular weight is 413 g/mol. The van der Waals surface area contributed by atoms with Gasteiger partial charge in [0.25, 0.3) is 5.91 Å². The lowest BCUT2D eigenvalue weighted by Gasteiger charge is -2.29. The van der Waals surface area contributed by atoms with Crippen LogP contribution < -0.4 is 14.8 Å². The molecular weight excluding hydrogens is 380 g/mol. The van der Waals surface area contributed by atoms with Crippen molar-refractivity contribution in [2.24, 2.45) is 0 Å². The number of hydrogen-bond donors (Lipinski definition) is 1. The van der Waals surface area contributed by atoms with Gasteiger partial charge in [0.05, 0.1) is 7.11 Å². The number of carbonyl (C=O) groups excluding carboxylic acids is 2. The minimum Gasteiger partial charge on any atom is -0.497 e. The van der Waals surface area contributed by atoms with Crippen molar-refractivity contribution in [3.8, 4) is 11.5 Å². The van der Waals surface area contributed by atoms with E-state index in [1.807, 2.05) is 70.2 Å². The van der Waals surface area contributed by atoms with E-state index in [4.69, 9.17) is 9.47 Å². The van der Waals surface area contributed by atoms with Crippen molar-refractivity contribution in [3.05, 3.63) is 59.2 Å². The van der Waals surface area contributed by atoms with Crippen LogP contribution in [0.4, 0.5) is 0 Å². The number of ether oxygens (including phenoxy) is 2. The topological polar surface area (TPSA) is 67.9 Å². The summed E-state index contributed by atoms with van der Waals surface area (Å²) in [6.07, 6.45) is 0. The molecule has 30 heavy (non-hydrogen) atoms. The zero-order valence-corrected chi connectivity index (χ0v) is 18.7. The summed E-state index contributed by atoms with van der Waals surface area (Å²) < 4.78 is 10.9. The summed E-state index contributed by atoms with van der Waals surface area (Å²) >= 11 is 0. The number of aryl methyl sites for hydroxylation is 2. The molecule has 1 N–H and O–H groups in total. The Labute approximate surface area is 179 Å². The van der Waals surface area contributed by atoms with Gasteiger partial charge in [0.15, 0.2) is 6.61 Å². The number of nitrogens with zero attached hydrogens (tertiary/aromatic N) is 1. The van der Waals surface area contributed by atoms with Gasteiger partial charge >= 0.3 is 0 Å². The molecule has 0 aliphatic carbocycles. The first-order valence-corrected chi connectivity index (χ1v) is 10.1. The van der Waals surface area contributed by atoms with Gasteiger partial charge in [-0.3, -0.25) is 9.59 Å². The Bertz CT molecular complexity index is 842. The molecule has 6 nitrogen and oxygen atoms in total. The van der Waals surface area contributed by atoms with Crippen LogP contribution in [0.3, 0.4) is 0 Å². The Morgan fingerprint density at radius 3 is 2.10 bits per heavy atom. The van der Waals surface area contributed by atoms with Crippen LogP contribution in [0.25, 0.3) is 0 Å². The maximum absolute atomic E-state index is 13.0. The van der Waals surface area contributed by atoms with Crippen molar-refractivity contribution in [2.75, 3.05) is 13.7 Å². The maximum atomic E-state index is 13.0. The van der Waals surface area contributed by atoms with Gasteiger partial charge in [-0.15, -0.1) is 0 Å². The maximum Gasteiger partial charge on any atom is 0.261 e. The van der Waals surface area contributed by atoms with Crippen molar-refractivity contribution in [3.63, 3.8) is 0 Å². The molecule has 0 spiro atoms. The molecule has 2 aromatic rings. The Kier molecular flexibility index (Phi) is 8.27. The lowest BCUT2D eigenvalue weighted by molar-refractivity contribution is -0.142. The Morgan fingerprint density at radius 1 is 0.967 bits per heavy atom. The largest absolute Gasteiger partial charge is 0.497 e. The summed E-state index contributed by atoms with van der Waals surface area (Å²) in [4.78, 5) is 27.2. The number of benzene rings is 2. The van der Waals surface area contributed by atoms with Crippen LogP contribution in [-0.4, -0.2) is 42.5 Å². The SMILES string of the molecule is COc1ccc(CN(C(=O)COc2cc(C)cc(C)c2)C(C)C(=O)NC(C)C)cc1. The summed E-state index contributed by atoms with van der Waals surface area (Å²) in [5.41, 5.74) is 3.04. The van der Waals surface area contributed by atoms with Crippen molar-refractivity contribution in [1.29, 1.82) is 0 Å². The molecule has 1 atom stereocenters. The fourth-order valence-corrected chi connectivity index (χ4v) is 3.16. The van der Waals surface area contributed by atoms with Crippen molar-refractivity contribution < 1.29 is 19.1 Å². The Hall–Kier alpha value is -3.02. The second kappa shape index (κ2) is 10.7. The number of amides is 2. The highest BCUT2D eigenvalue weighted by atomic mass is 16.5. The molecule has 0 aromatic heterocycles. The highest BCUT2D eigenvalue weighted by Crippen LogP contribution is 2.18. The van der Waals surface area contributed by atoms with Gasteiger partial charge in [-0.05, 0) is 75.6 Å². The summed E-state index contributed by atoms with van der Waals surface area (Å²) in [6, 6.07) is 12.6. The van der Waals surface area contributed by atoms with E-state index in [-0.39, 0.29) is 24.5 Å². The fourth-order valence-electron chi connectivity index (χ4n) is 3.16. The van der Waals surface area contributed by atoms with Crippen LogP contribution in [0, 0.1) is 13.8 Å². The zero-order valence-electron chi connectivity index (χ0n) is 18.7. The van der Waals surface area contributed by atoms with Gasteiger partial charge in [-0.1, -0.05) is 18.2 Å². The number of carbonyl (C=O) groups is 2. The second-order valence-corrected chi connectivity index (χ2v) is 7.82. The van der Waals surface area contributed by atoms with Crippen LogP contribution >= 0.6 is 0 Å². The summed E-state index contributed by atoms with van der Waals surface area (Å²) in [7, 11) is 1.60. The lowest BCUT2D eigenvalue weighted by Crippen LogP contribution is -2.50. The van der Waals surface area contributed by atoms with Crippen LogP contribution in [0.5, 0.6) is 11.5 Å². The molecule has 6 heteroatoms. The molecule has 2 amide bonds. The van der Waals surface area contributed by atoms with E-state index in [1.54, 1.807) is 18.9 Å². The van der Waals surface area contributed by atoms with Crippen LogP contribution in [0.2, 0.25) is 0 Å². The van der Waals surface area contributed by atoms with E-state index in [1.165, 1.54) is 0 Å². The third kappa shape index (κ3) is 6.79. The highest BCUT2D eigenvalue weighted by molar-refractivity contribution is 5.88. The minimum atomic E-state index is -0.634. The lowest BCUT2D eigenvalue weighted by atomic mass is 10.1. The smallest absolute Gasteiger partial charge is 0.261 e. The average Bonchev–Trinajstić information content (AvgIpc) is 2.69. The standard InChI is InChI=1S/C24H32N2O4/c1-16(2)25-24(28)19(5)26(14-20-7-9-21(29-6)10-8-20)23(27)15-30-22-12-17(3)11-18(4)13-22/h7-13,16,19H,14-15H2,1-6H3,(H,25,28). The van der Waals surface area contributed by atoms with Crippen LogP contribution in [0.15, 0.2) is 42.5 Å². The van der Waals surface area contributed by atoms with E-state index in [2.05, 4.69) is 5.32 Å². The summed E-state index contributed by atoms with van der Waals surface area (Å²) in [5, 5.41) is 2.88. The van der Waals surface area contributed by atoms with E-state index in [9.17, 15) is 9.59 Å². The van der Waals surface area contributed by atoms with Gasteiger partial charge in [-0.2, -0.15) is 0 Å².